The summed E-state index contributed by atoms with van der Waals surface area (Å²) in [6, 6.07) is 0. The van der Waals surface area contributed by atoms with Crippen LogP contribution >= 0.6 is 24.8 Å². The molecule has 1 atom stereocenters. The maximum Gasteiger partial charge on any atom is 0.222 e. The molecule has 0 heterocycles. The molecule has 19 heavy (non-hydrogen) atoms. The van der Waals surface area contributed by atoms with Crippen molar-refractivity contribution in [3.63, 3.8) is 0 Å². The van der Waals surface area contributed by atoms with Gasteiger partial charge >= 0.3 is 0 Å². The van der Waals surface area contributed by atoms with Crippen LogP contribution in [0.25, 0.3) is 0 Å². The lowest BCUT2D eigenvalue weighted by Gasteiger charge is -2.18. The number of halogens is 2. The predicted octanol–water partition coefficient (Wildman–Crippen LogP) is 1.04. The summed E-state index contributed by atoms with van der Waals surface area (Å²) in [5.41, 5.74) is 5.45. The number of hydrogen-bond donors (Lipinski definition) is 2. The first-order valence-electron chi connectivity index (χ1n) is 6.39. The lowest BCUT2D eigenvalue weighted by molar-refractivity contribution is -0.123. The minimum Gasteiger partial charge on any atom is -0.380 e. The molecule has 0 aromatic heterocycles. The van der Waals surface area contributed by atoms with E-state index in [0.717, 1.165) is 32.6 Å². The maximum absolute atomic E-state index is 11.5. The van der Waals surface area contributed by atoms with Gasteiger partial charge in [-0.3, -0.25) is 4.79 Å². The zero-order chi connectivity index (χ0) is 13.1. The molecule has 0 aliphatic carbocycles. The second-order valence-corrected chi connectivity index (χ2v) is 4.03. The fraction of sp³-hybridized carbons (Fsp3) is 0.917. The Balaban J connectivity index is -0.00000128. The molecule has 0 aromatic rings. The van der Waals surface area contributed by atoms with Gasteiger partial charge in [0.15, 0.2) is 0 Å². The van der Waals surface area contributed by atoms with Gasteiger partial charge in [-0.05, 0) is 26.1 Å². The summed E-state index contributed by atoms with van der Waals surface area (Å²) in [5.74, 6) is 0.0156. The maximum atomic E-state index is 11.5. The topological polar surface area (TPSA) is 67.6 Å². The molecular formula is C12H29Cl2N3O2. The third-order valence-electron chi connectivity index (χ3n) is 2.88. The Morgan fingerprint density at radius 3 is 2.32 bits per heavy atom. The number of amides is 1. The molecule has 1 amide bonds. The van der Waals surface area contributed by atoms with Gasteiger partial charge in [0, 0.05) is 20.2 Å². The zero-order valence-electron chi connectivity index (χ0n) is 12.2. The lowest BCUT2D eigenvalue weighted by atomic mass is 10.2. The van der Waals surface area contributed by atoms with Crippen molar-refractivity contribution >= 4 is 30.7 Å². The van der Waals surface area contributed by atoms with Crippen molar-refractivity contribution in [1.82, 2.24) is 10.2 Å². The van der Waals surface area contributed by atoms with Crippen molar-refractivity contribution < 1.29 is 9.53 Å². The summed E-state index contributed by atoms with van der Waals surface area (Å²) >= 11 is 0. The molecule has 0 fully saturated rings. The molecule has 0 aromatic carbocycles. The SMILES string of the molecule is CCN(CC)CCCNC(=O)CC(CN)OC.Cl.Cl. The fourth-order valence-corrected chi connectivity index (χ4v) is 1.61. The molecule has 0 radical (unpaired) electrons. The number of rotatable bonds is 10. The highest BCUT2D eigenvalue weighted by atomic mass is 35.5. The van der Waals surface area contributed by atoms with Gasteiger partial charge in [0.2, 0.25) is 5.91 Å². The van der Waals surface area contributed by atoms with Crippen molar-refractivity contribution in [2.75, 3.05) is 39.8 Å². The molecule has 7 heteroatoms. The van der Waals surface area contributed by atoms with Gasteiger partial charge < -0.3 is 20.7 Å². The summed E-state index contributed by atoms with van der Waals surface area (Å²) < 4.78 is 5.06. The number of carbonyl (C=O) groups is 1. The quantitative estimate of drug-likeness (QED) is 0.591. The molecule has 0 bridgehead atoms. The van der Waals surface area contributed by atoms with Crippen LogP contribution in [0.15, 0.2) is 0 Å². The smallest absolute Gasteiger partial charge is 0.222 e. The third kappa shape index (κ3) is 12.7. The summed E-state index contributed by atoms with van der Waals surface area (Å²) in [5, 5.41) is 2.88. The van der Waals surface area contributed by atoms with Crippen LogP contribution in [-0.4, -0.2) is 56.7 Å². The van der Waals surface area contributed by atoms with E-state index in [1.54, 1.807) is 7.11 Å². The van der Waals surface area contributed by atoms with Crippen LogP contribution in [-0.2, 0) is 9.53 Å². The normalized spacial score (nSPS) is 11.4. The van der Waals surface area contributed by atoms with Gasteiger partial charge in [-0.1, -0.05) is 13.8 Å². The van der Waals surface area contributed by atoms with Gasteiger partial charge in [-0.2, -0.15) is 0 Å². The van der Waals surface area contributed by atoms with E-state index in [9.17, 15) is 4.79 Å². The minimum absolute atomic E-state index is 0. The second kappa shape index (κ2) is 16.0. The monoisotopic (exact) mass is 317 g/mol. The van der Waals surface area contributed by atoms with Crippen molar-refractivity contribution in [2.45, 2.75) is 32.8 Å². The van der Waals surface area contributed by atoms with E-state index in [0.29, 0.717) is 13.0 Å². The Hall–Kier alpha value is -0.0700. The van der Waals surface area contributed by atoms with E-state index >= 15 is 0 Å². The number of nitrogens with zero attached hydrogens (tertiary/aromatic N) is 1. The Bertz CT molecular complexity index is 201. The van der Waals surface area contributed by atoms with Crippen molar-refractivity contribution in [2.24, 2.45) is 5.73 Å². The largest absolute Gasteiger partial charge is 0.380 e. The molecule has 0 saturated heterocycles. The van der Waals surface area contributed by atoms with Gasteiger partial charge in [-0.15, -0.1) is 24.8 Å². The Kier molecular flexibility index (Phi) is 20.2. The van der Waals surface area contributed by atoms with Crippen molar-refractivity contribution in [1.29, 1.82) is 0 Å². The highest BCUT2D eigenvalue weighted by Gasteiger charge is 2.10. The van der Waals surface area contributed by atoms with Crippen LogP contribution < -0.4 is 11.1 Å². The number of nitrogens with two attached hydrogens (primary N) is 1. The van der Waals surface area contributed by atoms with Gasteiger partial charge in [-0.25, -0.2) is 0 Å². The Morgan fingerprint density at radius 2 is 1.89 bits per heavy atom. The molecule has 0 aliphatic heterocycles. The molecule has 3 N–H and O–H groups in total. The van der Waals surface area contributed by atoms with Gasteiger partial charge in [0.05, 0.1) is 12.5 Å². The van der Waals surface area contributed by atoms with Crippen LogP contribution in [0.1, 0.15) is 26.7 Å². The van der Waals surface area contributed by atoms with Gasteiger partial charge in [0.1, 0.15) is 0 Å². The first-order valence-corrected chi connectivity index (χ1v) is 6.39. The first-order chi connectivity index (χ1) is 8.17. The number of ether oxygens (including phenoxy) is 1. The number of methoxy groups -OCH3 is 1. The van der Waals surface area contributed by atoms with E-state index in [2.05, 4.69) is 24.1 Å². The molecule has 0 aliphatic rings. The van der Waals surface area contributed by atoms with E-state index in [4.69, 9.17) is 10.5 Å². The molecule has 0 rings (SSSR count). The Morgan fingerprint density at radius 1 is 1.32 bits per heavy atom. The van der Waals surface area contributed by atoms with Crippen molar-refractivity contribution in [3.05, 3.63) is 0 Å². The van der Waals surface area contributed by atoms with Crippen LogP contribution in [0.4, 0.5) is 0 Å². The predicted molar refractivity (Wildman–Crippen MR) is 84.4 cm³/mol. The van der Waals surface area contributed by atoms with E-state index in [1.165, 1.54) is 0 Å². The summed E-state index contributed by atoms with van der Waals surface area (Å²) in [7, 11) is 1.57. The molecule has 1 unspecified atom stereocenters. The van der Waals surface area contributed by atoms with E-state index in [1.807, 2.05) is 0 Å². The number of carbonyl (C=O) groups excluding carboxylic acids is 1. The third-order valence-corrected chi connectivity index (χ3v) is 2.88. The Labute approximate surface area is 129 Å². The second-order valence-electron chi connectivity index (χ2n) is 4.03. The number of hydrogen-bond acceptors (Lipinski definition) is 4. The first kappa shape index (κ1) is 24.0. The standard InChI is InChI=1S/C12H27N3O2.2ClH/c1-4-15(5-2)8-6-7-14-12(16)9-11(10-13)17-3;;/h11H,4-10,13H2,1-3H3,(H,14,16);2*1H. The summed E-state index contributed by atoms with van der Waals surface area (Å²) in [6.45, 7) is 8.53. The molecule has 0 spiro atoms. The number of nitrogens with one attached hydrogen (secondary N) is 1. The van der Waals surface area contributed by atoms with Crippen LogP contribution in [0, 0.1) is 0 Å². The van der Waals surface area contributed by atoms with E-state index in [-0.39, 0.29) is 36.8 Å². The van der Waals surface area contributed by atoms with E-state index < -0.39 is 0 Å². The summed E-state index contributed by atoms with van der Waals surface area (Å²) in [6.07, 6.45) is 1.16. The minimum atomic E-state index is -0.169. The average Bonchev–Trinajstić information content (AvgIpc) is 2.36. The van der Waals surface area contributed by atoms with Crippen LogP contribution in [0.2, 0.25) is 0 Å². The van der Waals surface area contributed by atoms with Crippen molar-refractivity contribution in [3.8, 4) is 0 Å². The zero-order valence-corrected chi connectivity index (χ0v) is 13.8. The molecule has 118 valence electrons. The molecule has 5 nitrogen and oxygen atoms in total. The molecular weight excluding hydrogens is 289 g/mol. The highest BCUT2D eigenvalue weighted by Crippen LogP contribution is 1.95. The lowest BCUT2D eigenvalue weighted by Crippen LogP contribution is -2.34. The fourth-order valence-electron chi connectivity index (χ4n) is 1.61. The molecule has 0 saturated carbocycles. The highest BCUT2D eigenvalue weighted by molar-refractivity contribution is 5.85. The van der Waals surface area contributed by atoms with Gasteiger partial charge in [0.25, 0.3) is 0 Å². The van der Waals surface area contributed by atoms with Crippen LogP contribution in [0.5, 0.6) is 0 Å². The van der Waals surface area contributed by atoms with Crippen LogP contribution in [0.3, 0.4) is 0 Å². The summed E-state index contributed by atoms with van der Waals surface area (Å²) in [4.78, 5) is 13.8. The average molecular weight is 318 g/mol.